The molecule has 0 aliphatic heterocycles. The summed E-state index contributed by atoms with van der Waals surface area (Å²) in [5.41, 5.74) is 5.12. The molecule has 0 saturated heterocycles. The lowest BCUT2D eigenvalue weighted by Gasteiger charge is -2.13. The van der Waals surface area contributed by atoms with Gasteiger partial charge in [-0.15, -0.1) is 0 Å². The van der Waals surface area contributed by atoms with Crippen LogP contribution in [0.2, 0.25) is 0 Å². The molecule has 4 aromatic rings. The monoisotopic (exact) mass is 690 g/mol. The van der Waals surface area contributed by atoms with Gasteiger partial charge in [0, 0.05) is 5.56 Å². The van der Waals surface area contributed by atoms with E-state index in [1.165, 1.54) is 10.8 Å². The number of amides is 1. The Morgan fingerprint density at radius 1 is 0.943 bits per heavy atom. The van der Waals surface area contributed by atoms with Crippen molar-refractivity contribution in [2.45, 2.75) is 20.0 Å². The van der Waals surface area contributed by atoms with E-state index in [1.54, 1.807) is 30.5 Å². The molecule has 0 bridgehead atoms. The summed E-state index contributed by atoms with van der Waals surface area (Å²) in [6, 6.07) is 25.6. The van der Waals surface area contributed by atoms with Crippen LogP contribution >= 0.6 is 45.2 Å². The molecule has 7 heteroatoms. The number of fused-ring (bicyclic) bond motifs is 1. The number of rotatable bonds is 9. The minimum atomic E-state index is -0.275. The van der Waals surface area contributed by atoms with E-state index in [0.29, 0.717) is 18.8 Å². The van der Waals surface area contributed by atoms with Crippen LogP contribution in [0.15, 0.2) is 84.0 Å². The molecule has 0 aromatic heterocycles. The fraction of sp³-hybridized carbons (Fsp3) is 0.143. The van der Waals surface area contributed by atoms with E-state index in [1.807, 2.05) is 24.3 Å². The first-order valence-corrected chi connectivity index (χ1v) is 13.4. The molecule has 0 heterocycles. The van der Waals surface area contributed by atoms with Crippen molar-refractivity contribution in [1.82, 2.24) is 5.43 Å². The van der Waals surface area contributed by atoms with Crippen LogP contribution < -0.4 is 14.9 Å². The van der Waals surface area contributed by atoms with Crippen LogP contribution in [-0.2, 0) is 6.61 Å². The molecule has 1 amide bonds. The van der Waals surface area contributed by atoms with E-state index in [-0.39, 0.29) is 5.91 Å². The maximum Gasteiger partial charge on any atom is 0.271 e. The van der Waals surface area contributed by atoms with Crippen LogP contribution in [0, 0.1) is 7.14 Å². The van der Waals surface area contributed by atoms with Gasteiger partial charge in [0.25, 0.3) is 5.91 Å². The second-order valence-electron chi connectivity index (χ2n) is 7.81. The van der Waals surface area contributed by atoms with Crippen molar-refractivity contribution < 1.29 is 14.3 Å². The fourth-order valence-corrected chi connectivity index (χ4v) is 5.64. The van der Waals surface area contributed by atoms with Gasteiger partial charge >= 0.3 is 0 Å². The molecule has 0 fully saturated rings. The second kappa shape index (κ2) is 12.3. The highest BCUT2D eigenvalue weighted by atomic mass is 127. The van der Waals surface area contributed by atoms with Crippen LogP contribution in [-0.4, -0.2) is 18.7 Å². The predicted molar refractivity (Wildman–Crippen MR) is 157 cm³/mol. The molecule has 0 radical (unpaired) electrons. The molecule has 0 aliphatic carbocycles. The number of hydrogen-bond donors (Lipinski definition) is 1. The SMILES string of the molecule is CCCOc1ccc(C(=O)N/N=C/c2cc(I)c(OCc3cccc4ccccc34)c(I)c2)cc1. The zero-order valence-electron chi connectivity index (χ0n) is 19.1. The highest BCUT2D eigenvalue weighted by Gasteiger charge is 2.10. The Morgan fingerprint density at radius 3 is 2.40 bits per heavy atom. The molecule has 0 unspecified atom stereocenters. The highest BCUT2D eigenvalue weighted by Crippen LogP contribution is 2.30. The van der Waals surface area contributed by atoms with Gasteiger partial charge in [-0.25, -0.2) is 5.43 Å². The molecule has 178 valence electrons. The van der Waals surface area contributed by atoms with Gasteiger partial charge in [-0.3, -0.25) is 4.79 Å². The minimum Gasteiger partial charge on any atom is -0.494 e. The summed E-state index contributed by atoms with van der Waals surface area (Å²) in [6.45, 7) is 3.19. The number of carbonyl (C=O) groups is 1. The lowest BCUT2D eigenvalue weighted by atomic mass is 10.1. The number of benzene rings is 4. The molecule has 1 N–H and O–H groups in total. The number of ether oxygens (including phenoxy) is 2. The van der Waals surface area contributed by atoms with Gasteiger partial charge in [0.05, 0.1) is 20.0 Å². The zero-order valence-corrected chi connectivity index (χ0v) is 23.4. The first kappa shape index (κ1) is 25.4. The zero-order chi connectivity index (χ0) is 24.6. The van der Waals surface area contributed by atoms with Gasteiger partial charge in [0.1, 0.15) is 18.1 Å². The first-order chi connectivity index (χ1) is 17.0. The number of halogens is 2. The third-order valence-electron chi connectivity index (χ3n) is 5.24. The average Bonchev–Trinajstić information content (AvgIpc) is 2.87. The maximum absolute atomic E-state index is 12.4. The summed E-state index contributed by atoms with van der Waals surface area (Å²) in [5, 5.41) is 6.52. The van der Waals surface area contributed by atoms with Crippen molar-refractivity contribution in [1.29, 1.82) is 0 Å². The van der Waals surface area contributed by atoms with Crippen molar-refractivity contribution in [2.24, 2.45) is 5.10 Å². The van der Waals surface area contributed by atoms with E-state index >= 15 is 0 Å². The van der Waals surface area contributed by atoms with Crippen molar-refractivity contribution >= 4 is 68.1 Å². The van der Waals surface area contributed by atoms with E-state index in [9.17, 15) is 4.79 Å². The number of carbonyl (C=O) groups excluding carboxylic acids is 1. The van der Waals surface area contributed by atoms with Gasteiger partial charge in [-0.1, -0.05) is 49.4 Å². The molecular formula is C28H24I2N2O3. The Balaban J connectivity index is 1.38. The lowest BCUT2D eigenvalue weighted by Crippen LogP contribution is -2.17. The van der Waals surface area contributed by atoms with Gasteiger partial charge in [0.15, 0.2) is 0 Å². The average molecular weight is 690 g/mol. The summed E-state index contributed by atoms with van der Waals surface area (Å²) in [7, 11) is 0. The number of hydrazone groups is 1. The standard InChI is InChI=1S/C28H24I2N2O3/c1-2-14-34-23-12-10-21(11-13-23)28(33)32-31-17-19-15-25(29)27(26(30)16-19)35-18-22-8-5-7-20-6-3-4-9-24(20)22/h3-13,15-17H,2,14,18H2,1H3,(H,32,33)/b31-17+. The highest BCUT2D eigenvalue weighted by molar-refractivity contribution is 14.1. The first-order valence-electron chi connectivity index (χ1n) is 11.2. The van der Waals surface area contributed by atoms with Gasteiger partial charge < -0.3 is 9.47 Å². The quantitative estimate of drug-likeness (QED) is 0.115. The predicted octanol–water partition coefficient (Wildman–Crippen LogP) is 7.18. The van der Waals surface area contributed by atoms with Gasteiger partial charge in [-0.05, 0) is 110 Å². The lowest BCUT2D eigenvalue weighted by molar-refractivity contribution is 0.0955. The molecule has 0 spiro atoms. The maximum atomic E-state index is 12.4. The molecule has 0 aliphatic rings. The van der Waals surface area contributed by atoms with Crippen LogP contribution in [0.5, 0.6) is 11.5 Å². The Bertz CT molecular complexity index is 1330. The van der Waals surface area contributed by atoms with Crippen molar-refractivity contribution in [2.75, 3.05) is 6.61 Å². The molecule has 4 aromatic carbocycles. The molecule has 4 rings (SSSR count). The Morgan fingerprint density at radius 2 is 1.66 bits per heavy atom. The second-order valence-corrected chi connectivity index (χ2v) is 10.1. The minimum absolute atomic E-state index is 0.275. The third kappa shape index (κ3) is 6.72. The van der Waals surface area contributed by atoms with Gasteiger partial charge in [0.2, 0.25) is 0 Å². The summed E-state index contributed by atoms with van der Waals surface area (Å²) >= 11 is 4.54. The molecule has 35 heavy (non-hydrogen) atoms. The van der Waals surface area contributed by atoms with E-state index in [2.05, 4.69) is 93.0 Å². The number of hydrogen-bond acceptors (Lipinski definition) is 4. The molecule has 0 atom stereocenters. The number of nitrogens with zero attached hydrogens (tertiary/aromatic N) is 1. The van der Waals surface area contributed by atoms with Crippen LogP contribution in [0.3, 0.4) is 0 Å². The van der Waals surface area contributed by atoms with Crippen molar-refractivity contribution in [3.63, 3.8) is 0 Å². The normalized spacial score (nSPS) is 11.1. The topological polar surface area (TPSA) is 59.9 Å². The van der Waals surface area contributed by atoms with Crippen LogP contribution in [0.25, 0.3) is 10.8 Å². The summed E-state index contributed by atoms with van der Waals surface area (Å²) in [5.74, 6) is 1.31. The van der Waals surface area contributed by atoms with Crippen molar-refractivity contribution in [3.05, 3.63) is 103 Å². The summed E-state index contributed by atoms with van der Waals surface area (Å²) < 4.78 is 13.7. The third-order valence-corrected chi connectivity index (χ3v) is 6.84. The summed E-state index contributed by atoms with van der Waals surface area (Å²) in [6.07, 6.45) is 2.57. The number of nitrogens with one attached hydrogen (secondary N) is 1. The molecule has 0 saturated carbocycles. The van der Waals surface area contributed by atoms with Crippen LogP contribution in [0.4, 0.5) is 0 Å². The van der Waals surface area contributed by atoms with E-state index in [0.717, 1.165) is 36.2 Å². The Labute approximate surface area is 232 Å². The van der Waals surface area contributed by atoms with E-state index in [4.69, 9.17) is 9.47 Å². The fourth-order valence-electron chi connectivity index (χ4n) is 3.51. The van der Waals surface area contributed by atoms with Crippen molar-refractivity contribution in [3.8, 4) is 11.5 Å². The Kier molecular flexibility index (Phi) is 8.97. The molecular weight excluding hydrogens is 666 g/mol. The smallest absolute Gasteiger partial charge is 0.271 e. The molecule has 5 nitrogen and oxygen atoms in total. The van der Waals surface area contributed by atoms with Crippen LogP contribution in [0.1, 0.15) is 34.8 Å². The Hall–Kier alpha value is -2.66. The van der Waals surface area contributed by atoms with Gasteiger partial charge in [-0.2, -0.15) is 5.10 Å². The van der Waals surface area contributed by atoms with E-state index < -0.39 is 0 Å². The summed E-state index contributed by atoms with van der Waals surface area (Å²) in [4.78, 5) is 12.4. The largest absolute Gasteiger partial charge is 0.494 e.